The summed E-state index contributed by atoms with van der Waals surface area (Å²) in [6.45, 7) is 9.11. The number of rotatable bonds is 4. The van der Waals surface area contributed by atoms with E-state index in [0.717, 1.165) is 18.4 Å². The van der Waals surface area contributed by atoms with E-state index in [1.54, 1.807) is 12.1 Å². The van der Waals surface area contributed by atoms with Crippen molar-refractivity contribution in [1.29, 1.82) is 0 Å². The van der Waals surface area contributed by atoms with Gasteiger partial charge >= 0.3 is 0 Å². The van der Waals surface area contributed by atoms with Crippen LogP contribution in [-0.2, 0) is 12.8 Å². The van der Waals surface area contributed by atoms with Crippen molar-refractivity contribution in [3.05, 3.63) is 23.3 Å². The highest BCUT2D eigenvalue weighted by atomic mass is 28.3. The standard InChI is InChI=1S/C13H22O2Si/c1-5-10-8-12(14)13(15)9-11(10)6-7-16(2,3)4/h8-9,14-15H,5-7H2,1-4H3. The third kappa shape index (κ3) is 3.56. The second kappa shape index (κ2) is 4.91. The Morgan fingerprint density at radius 3 is 1.94 bits per heavy atom. The Labute approximate surface area is 99.0 Å². The van der Waals surface area contributed by atoms with Gasteiger partial charge < -0.3 is 10.2 Å². The summed E-state index contributed by atoms with van der Waals surface area (Å²) in [7, 11) is -1.05. The number of phenols is 2. The third-order valence-electron chi connectivity index (χ3n) is 2.82. The van der Waals surface area contributed by atoms with Crippen LogP contribution in [0.25, 0.3) is 0 Å². The zero-order chi connectivity index (χ0) is 12.3. The van der Waals surface area contributed by atoms with Crippen molar-refractivity contribution >= 4 is 8.07 Å². The van der Waals surface area contributed by atoms with Crippen LogP contribution >= 0.6 is 0 Å². The summed E-state index contributed by atoms with van der Waals surface area (Å²) in [5.41, 5.74) is 2.33. The minimum atomic E-state index is -1.05. The van der Waals surface area contributed by atoms with Crippen LogP contribution in [0.4, 0.5) is 0 Å². The highest BCUT2D eigenvalue weighted by Crippen LogP contribution is 2.30. The highest BCUT2D eigenvalue weighted by molar-refractivity contribution is 6.76. The Bertz CT molecular complexity index is 367. The predicted molar refractivity (Wildman–Crippen MR) is 71.0 cm³/mol. The van der Waals surface area contributed by atoms with Gasteiger partial charge in [0.25, 0.3) is 0 Å². The molecule has 3 heteroatoms. The van der Waals surface area contributed by atoms with Gasteiger partial charge in [0.1, 0.15) is 0 Å². The van der Waals surface area contributed by atoms with Crippen LogP contribution in [0, 0.1) is 0 Å². The Balaban J connectivity index is 2.90. The molecule has 1 aromatic rings. The van der Waals surface area contributed by atoms with Crippen LogP contribution in [0.3, 0.4) is 0 Å². The van der Waals surface area contributed by atoms with E-state index in [0.29, 0.717) is 0 Å². The van der Waals surface area contributed by atoms with Crippen molar-refractivity contribution < 1.29 is 10.2 Å². The van der Waals surface area contributed by atoms with Gasteiger partial charge in [-0.25, -0.2) is 0 Å². The van der Waals surface area contributed by atoms with Crippen LogP contribution in [0.2, 0.25) is 25.7 Å². The zero-order valence-corrected chi connectivity index (χ0v) is 11.7. The molecule has 0 saturated heterocycles. The average Bonchev–Trinajstić information content (AvgIpc) is 2.18. The van der Waals surface area contributed by atoms with E-state index in [1.807, 2.05) is 0 Å². The predicted octanol–water partition coefficient (Wildman–Crippen LogP) is 3.54. The molecule has 2 N–H and O–H groups in total. The molecule has 16 heavy (non-hydrogen) atoms. The van der Waals surface area contributed by atoms with Gasteiger partial charge in [0.2, 0.25) is 0 Å². The van der Waals surface area contributed by atoms with Crippen LogP contribution in [0.15, 0.2) is 12.1 Å². The molecular formula is C13H22O2Si. The number of hydrogen-bond acceptors (Lipinski definition) is 2. The largest absolute Gasteiger partial charge is 0.504 e. The molecule has 0 bridgehead atoms. The van der Waals surface area contributed by atoms with Crippen molar-refractivity contribution in [3.8, 4) is 11.5 Å². The van der Waals surface area contributed by atoms with Crippen molar-refractivity contribution in [2.45, 2.75) is 45.5 Å². The van der Waals surface area contributed by atoms with Crippen molar-refractivity contribution in [3.63, 3.8) is 0 Å². The fourth-order valence-corrected chi connectivity index (χ4v) is 2.75. The summed E-state index contributed by atoms with van der Waals surface area (Å²) in [4.78, 5) is 0. The lowest BCUT2D eigenvalue weighted by atomic mass is 10.0. The summed E-state index contributed by atoms with van der Waals surface area (Å²) in [5, 5.41) is 19.0. The number of hydrogen-bond donors (Lipinski definition) is 2. The minimum Gasteiger partial charge on any atom is -0.504 e. The van der Waals surface area contributed by atoms with Gasteiger partial charge in [-0.2, -0.15) is 0 Å². The highest BCUT2D eigenvalue weighted by Gasteiger charge is 2.15. The van der Waals surface area contributed by atoms with E-state index in [1.165, 1.54) is 11.6 Å². The van der Waals surface area contributed by atoms with Crippen molar-refractivity contribution in [2.24, 2.45) is 0 Å². The topological polar surface area (TPSA) is 40.5 Å². The second-order valence-corrected chi connectivity index (χ2v) is 11.1. The minimum absolute atomic E-state index is 0.00257. The number of aromatic hydroxyl groups is 2. The molecule has 0 aliphatic rings. The second-order valence-electron chi connectivity index (χ2n) is 5.52. The SMILES string of the molecule is CCc1cc(O)c(O)cc1CC[Si](C)(C)C. The molecule has 1 aromatic carbocycles. The summed E-state index contributed by atoms with van der Waals surface area (Å²) in [6.07, 6.45) is 1.90. The molecular weight excluding hydrogens is 216 g/mol. The molecule has 0 aromatic heterocycles. The molecule has 0 aliphatic heterocycles. The summed E-state index contributed by atoms with van der Waals surface area (Å²) < 4.78 is 0. The molecule has 0 amide bonds. The monoisotopic (exact) mass is 238 g/mol. The van der Waals surface area contributed by atoms with E-state index >= 15 is 0 Å². The first kappa shape index (κ1) is 13.1. The first-order valence-electron chi connectivity index (χ1n) is 5.87. The van der Waals surface area contributed by atoms with Gasteiger partial charge in [0, 0.05) is 8.07 Å². The summed E-state index contributed by atoms with van der Waals surface area (Å²) in [5.74, 6) is -0.00335. The van der Waals surface area contributed by atoms with E-state index in [4.69, 9.17) is 0 Å². The van der Waals surface area contributed by atoms with Gasteiger partial charge in [-0.15, -0.1) is 0 Å². The normalized spacial score (nSPS) is 11.8. The number of benzene rings is 1. The Hall–Kier alpha value is -0.963. The van der Waals surface area contributed by atoms with Crippen LogP contribution in [0.1, 0.15) is 18.1 Å². The Morgan fingerprint density at radius 1 is 1.00 bits per heavy atom. The van der Waals surface area contributed by atoms with Gasteiger partial charge in [-0.1, -0.05) is 32.6 Å². The Morgan fingerprint density at radius 2 is 1.50 bits per heavy atom. The fraction of sp³-hybridized carbons (Fsp3) is 0.538. The van der Waals surface area contributed by atoms with Crippen LogP contribution in [-0.4, -0.2) is 18.3 Å². The molecule has 0 fully saturated rings. The number of phenolic OH excluding ortho intramolecular Hbond substituents is 2. The molecule has 90 valence electrons. The maximum Gasteiger partial charge on any atom is 0.157 e. The lowest BCUT2D eigenvalue weighted by Crippen LogP contribution is -2.20. The van der Waals surface area contributed by atoms with E-state index in [9.17, 15) is 10.2 Å². The Kier molecular flexibility index (Phi) is 4.02. The van der Waals surface area contributed by atoms with Crippen molar-refractivity contribution in [1.82, 2.24) is 0 Å². The zero-order valence-electron chi connectivity index (χ0n) is 10.7. The van der Waals surface area contributed by atoms with E-state index in [2.05, 4.69) is 26.6 Å². The summed E-state index contributed by atoms with van der Waals surface area (Å²) in [6, 6.07) is 4.62. The molecule has 0 radical (unpaired) electrons. The maximum absolute atomic E-state index is 9.51. The lowest BCUT2D eigenvalue weighted by molar-refractivity contribution is 0.402. The summed E-state index contributed by atoms with van der Waals surface area (Å²) >= 11 is 0. The molecule has 2 nitrogen and oxygen atoms in total. The fourth-order valence-electron chi connectivity index (χ4n) is 1.73. The van der Waals surface area contributed by atoms with E-state index < -0.39 is 8.07 Å². The molecule has 0 saturated carbocycles. The van der Waals surface area contributed by atoms with Crippen LogP contribution < -0.4 is 0 Å². The first-order valence-corrected chi connectivity index (χ1v) is 9.58. The molecule has 0 atom stereocenters. The molecule has 0 aliphatic carbocycles. The quantitative estimate of drug-likeness (QED) is 0.622. The molecule has 0 heterocycles. The van der Waals surface area contributed by atoms with Gasteiger partial charge in [0.05, 0.1) is 0 Å². The van der Waals surface area contributed by atoms with Crippen LogP contribution in [0.5, 0.6) is 11.5 Å². The lowest BCUT2D eigenvalue weighted by Gasteiger charge is -2.17. The van der Waals surface area contributed by atoms with Gasteiger partial charge in [0.15, 0.2) is 11.5 Å². The third-order valence-corrected chi connectivity index (χ3v) is 4.57. The van der Waals surface area contributed by atoms with Gasteiger partial charge in [-0.3, -0.25) is 0 Å². The molecule has 0 unspecified atom stereocenters. The average molecular weight is 238 g/mol. The first-order chi connectivity index (χ1) is 7.33. The van der Waals surface area contributed by atoms with E-state index in [-0.39, 0.29) is 11.5 Å². The molecule has 0 spiro atoms. The number of aryl methyl sites for hydroxylation is 2. The molecule has 1 rings (SSSR count). The van der Waals surface area contributed by atoms with Crippen molar-refractivity contribution in [2.75, 3.05) is 0 Å². The maximum atomic E-state index is 9.51. The smallest absolute Gasteiger partial charge is 0.157 e. The van der Waals surface area contributed by atoms with Gasteiger partial charge in [-0.05, 0) is 36.1 Å².